The van der Waals surface area contributed by atoms with Gasteiger partial charge in [-0.05, 0) is 37.6 Å². The molecule has 0 saturated carbocycles. The molecule has 2 aromatic rings. The van der Waals surface area contributed by atoms with Crippen molar-refractivity contribution in [2.75, 3.05) is 13.1 Å². The van der Waals surface area contributed by atoms with Gasteiger partial charge in [-0.2, -0.15) is 0 Å². The van der Waals surface area contributed by atoms with Gasteiger partial charge in [-0.3, -0.25) is 0 Å². The fraction of sp³-hybridized carbons (Fsp3) is 0.417. The van der Waals surface area contributed by atoms with E-state index in [2.05, 4.69) is 27.4 Å². The van der Waals surface area contributed by atoms with Gasteiger partial charge in [0.05, 0.1) is 0 Å². The van der Waals surface area contributed by atoms with Crippen LogP contribution in [0.2, 0.25) is 0 Å². The molecule has 0 fully saturated rings. The van der Waals surface area contributed by atoms with E-state index in [9.17, 15) is 0 Å². The smallest absolute Gasteiger partial charge is 0.138 e. The zero-order valence-electron chi connectivity index (χ0n) is 8.93. The number of pyridine rings is 1. The van der Waals surface area contributed by atoms with Crippen molar-refractivity contribution in [3.05, 3.63) is 29.1 Å². The third kappa shape index (κ3) is 1.43. The first kappa shape index (κ1) is 8.92. The van der Waals surface area contributed by atoms with Crippen LogP contribution < -0.4 is 5.32 Å². The molecule has 78 valence electrons. The molecule has 0 atom stereocenters. The fourth-order valence-electron chi connectivity index (χ4n) is 2.33. The fourth-order valence-corrected chi connectivity index (χ4v) is 2.33. The molecule has 0 radical (unpaired) electrons. The Hall–Kier alpha value is -1.35. The quantitative estimate of drug-likeness (QED) is 0.679. The summed E-state index contributed by atoms with van der Waals surface area (Å²) in [6.07, 6.45) is 2.20. The minimum absolute atomic E-state index is 1.06. The van der Waals surface area contributed by atoms with Crippen LogP contribution in [0, 0.1) is 6.92 Å². The van der Waals surface area contributed by atoms with Crippen molar-refractivity contribution in [1.29, 1.82) is 0 Å². The largest absolute Gasteiger partial charge is 0.343 e. The molecule has 0 aliphatic carbocycles. The van der Waals surface area contributed by atoms with Crippen LogP contribution in [-0.4, -0.2) is 23.1 Å². The monoisotopic (exact) mass is 201 g/mol. The number of aromatic amines is 1. The van der Waals surface area contributed by atoms with Gasteiger partial charge in [-0.1, -0.05) is 0 Å². The molecular formula is C12H15N3. The van der Waals surface area contributed by atoms with E-state index in [0.717, 1.165) is 37.3 Å². The van der Waals surface area contributed by atoms with Crippen molar-refractivity contribution in [2.24, 2.45) is 0 Å². The van der Waals surface area contributed by atoms with E-state index >= 15 is 0 Å². The molecule has 3 nitrogen and oxygen atoms in total. The molecule has 1 aliphatic heterocycles. The zero-order valence-corrected chi connectivity index (χ0v) is 8.93. The summed E-state index contributed by atoms with van der Waals surface area (Å²) in [4.78, 5) is 7.98. The number of fused-ring (bicyclic) bond motifs is 3. The first-order valence-electron chi connectivity index (χ1n) is 5.52. The predicted molar refractivity (Wildman–Crippen MR) is 61.1 cm³/mol. The lowest BCUT2D eigenvalue weighted by Gasteiger charge is -1.98. The van der Waals surface area contributed by atoms with Gasteiger partial charge < -0.3 is 10.3 Å². The van der Waals surface area contributed by atoms with Crippen LogP contribution in [0.5, 0.6) is 0 Å². The second kappa shape index (κ2) is 3.35. The summed E-state index contributed by atoms with van der Waals surface area (Å²) in [5, 5.41) is 4.72. The number of rotatable bonds is 0. The molecule has 2 aromatic heterocycles. The Morgan fingerprint density at radius 1 is 1.20 bits per heavy atom. The van der Waals surface area contributed by atoms with E-state index in [0.29, 0.717) is 0 Å². The van der Waals surface area contributed by atoms with Crippen molar-refractivity contribution in [3.8, 4) is 0 Å². The minimum atomic E-state index is 1.06. The number of hydrogen-bond donors (Lipinski definition) is 2. The molecule has 2 N–H and O–H groups in total. The van der Waals surface area contributed by atoms with Gasteiger partial charge in [0, 0.05) is 29.7 Å². The Morgan fingerprint density at radius 2 is 2.07 bits per heavy atom. The predicted octanol–water partition coefficient (Wildman–Crippen LogP) is 1.56. The summed E-state index contributed by atoms with van der Waals surface area (Å²) in [7, 11) is 0. The highest BCUT2D eigenvalue weighted by atomic mass is 14.9. The zero-order chi connectivity index (χ0) is 10.3. The first-order chi connectivity index (χ1) is 7.34. The topological polar surface area (TPSA) is 40.7 Å². The van der Waals surface area contributed by atoms with Gasteiger partial charge in [0.1, 0.15) is 5.65 Å². The summed E-state index contributed by atoms with van der Waals surface area (Å²) in [6.45, 7) is 4.18. The van der Waals surface area contributed by atoms with Crippen molar-refractivity contribution in [2.45, 2.75) is 19.8 Å². The van der Waals surface area contributed by atoms with Crippen LogP contribution >= 0.6 is 0 Å². The highest BCUT2D eigenvalue weighted by Crippen LogP contribution is 2.23. The number of H-pyrrole nitrogens is 1. The summed E-state index contributed by atoms with van der Waals surface area (Å²) >= 11 is 0. The van der Waals surface area contributed by atoms with E-state index in [4.69, 9.17) is 0 Å². The van der Waals surface area contributed by atoms with Gasteiger partial charge in [0.15, 0.2) is 0 Å². The maximum Gasteiger partial charge on any atom is 0.138 e. The molecule has 3 heterocycles. The van der Waals surface area contributed by atoms with E-state index in [1.807, 2.05) is 6.92 Å². The Morgan fingerprint density at radius 3 is 3.00 bits per heavy atom. The lowest BCUT2D eigenvalue weighted by molar-refractivity contribution is 0.708. The third-order valence-corrected chi connectivity index (χ3v) is 3.10. The first-order valence-corrected chi connectivity index (χ1v) is 5.52. The maximum atomic E-state index is 4.54. The Balaban J connectivity index is 2.23. The second-order valence-electron chi connectivity index (χ2n) is 4.18. The molecule has 3 rings (SSSR count). The standard InChI is InChI=1S/C12H15N3/c1-8-2-3-10-9-4-6-13-7-5-11(9)15-12(10)14-8/h2-3,13H,4-7H2,1H3,(H,14,15). The van der Waals surface area contributed by atoms with Crippen LogP contribution in [0.3, 0.4) is 0 Å². The number of nitrogens with zero attached hydrogens (tertiary/aromatic N) is 1. The van der Waals surface area contributed by atoms with Gasteiger partial charge in [-0.25, -0.2) is 4.98 Å². The van der Waals surface area contributed by atoms with E-state index in [1.54, 1.807) is 0 Å². The van der Waals surface area contributed by atoms with Crippen LogP contribution in [0.1, 0.15) is 17.0 Å². The Labute approximate surface area is 88.9 Å². The maximum absolute atomic E-state index is 4.54. The molecule has 0 bridgehead atoms. The summed E-state index contributed by atoms with van der Waals surface area (Å²) < 4.78 is 0. The van der Waals surface area contributed by atoms with Crippen LogP contribution in [0.25, 0.3) is 11.0 Å². The van der Waals surface area contributed by atoms with Gasteiger partial charge >= 0.3 is 0 Å². The average Bonchev–Trinajstić information content (AvgIpc) is 2.42. The SMILES string of the molecule is Cc1ccc2c3c([nH]c2n1)CCNCC3. The lowest BCUT2D eigenvalue weighted by atomic mass is 10.1. The molecular weight excluding hydrogens is 186 g/mol. The molecule has 0 saturated heterocycles. The number of aromatic nitrogens is 2. The Kier molecular flexibility index (Phi) is 1.99. The van der Waals surface area contributed by atoms with E-state index in [1.165, 1.54) is 16.6 Å². The van der Waals surface area contributed by atoms with Crippen LogP contribution in [0.15, 0.2) is 12.1 Å². The molecule has 0 unspecified atom stereocenters. The summed E-state index contributed by atoms with van der Waals surface area (Å²) in [5.41, 5.74) is 4.97. The van der Waals surface area contributed by atoms with Crippen LogP contribution in [0.4, 0.5) is 0 Å². The average molecular weight is 201 g/mol. The number of nitrogens with one attached hydrogen (secondary N) is 2. The molecule has 3 heteroatoms. The second-order valence-corrected chi connectivity index (χ2v) is 4.18. The van der Waals surface area contributed by atoms with E-state index in [-0.39, 0.29) is 0 Å². The lowest BCUT2D eigenvalue weighted by Crippen LogP contribution is -2.16. The molecule has 15 heavy (non-hydrogen) atoms. The van der Waals surface area contributed by atoms with Gasteiger partial charge in [0.25, 0.3) is 0 Å². The molecule has 0 spiro atoms. The van der Waals surface area contributed by atoms with Crippen molar-refractivity contribution in [3.63, 3.8) is 0 Å². The van der Waals surface area contributed by atoms with Gasteiger partial charge in [0.2, 0.25) is 0 Å². The molecule has 1 aliphatic rings. The number of hydrogen-bond acceptors (Lipinski definition) is 2. The highest BCUT2D eigenvalue weighted by molar-refractivity contribution is 5.81. The Bertz CT molecular complexity index is 499. The van der Waals surface area contributed by atoms with Crippen molar-refractivity contribution in [1.82, 2.24) is 15.3 Å². The van der Waals surface area contributed by atoms with Crippen LogP contribution in [-0.2, 0) is 12.8 Å². The third-order valence-electron chi connectivity index (χ3n) is 3.10. The highest BCUT2D eigenvalue weighted by Gasteiger charge is 2.14. The molecule has 0 aromatic carbocycles. The normalized spacial score (nSPS) is 16.3. The minimum Gasteiger partial charge on any atom is -0.343 e. The van der Waals surface area contributed by atoms with Gasteiger partial charge in [-0.15, -0.1) is 0 Å². The summed E-state index contributed by atoms with van der Waals surface area (Å²) in [6, 6.07) is 4.28. The summed E-state index contributed by atoms with van der Waals surface area (Å²) in [5.74, 6) is 0. The molecule has 0 amide bonds. The van der Waals surface area contributed by atoms with E-state index < -0.39 is 0 Å². The van der Waals surface area contributed by atoms with Crippen molar-refractivity contribution >= 4 is 11.0 Å². The van der Waals surface area contributed by atoms with Crippen molar-refractivity contribution < 1.29 is 0 Å². The number of aryl methyl sites for hydroxylation is 1.